The number of benzene rings is 2. The third-order valence-electron chi connectivity index (χ3n) is 3.48. The second-order valence-electron chi connectivity index (χ2n) is 4.89. The van der Waals surface area contributed by atoms with Gasteiger partial charge in [0, 0.05) is 17.8 Å². The summed E-state index contributed by atoms with van der Waals surface area (Å²) in [5.74, 6) is -0.0604. The Morgan fingerprint density at radius 2 is 1.80 bits per heavy atom. The molecule has 3 heteroatoms. The molecule has 0 radical (unpaired) electrons. The zero-order valence-electron chi connectivity index (χ0n) is 12.2. The van der Waals surface area contributed by atoms with Gasteiger partial charge in [0.1, 0.15) is 0 Å². The van der Waals surface area contributed by atoms with Crippen molar-refractivity contribution in [2.24, 2.45) is 0 Å². The topological polar surface area (TPSA) is 41.1 Å². The van der Waals surface area contributed by atoms with E-state index in [1.54, 1.807) is 0 Å². The first kappa shape index (κ1) is 14.3. The number of carbonyl (C=O) groups is 1. The van der Waals surface area contributed by atoms with Crippen LogP contribution in [0.5, 0.6) is 0 Å². The highest BCUT2D eigenvalue weighted by molar-refractivity contribution is 6.05. The summed E-state index contributed by atoms with van der Waals surface area (Å²) in [6.07, 6.45) is 0. The molecule has 0 saturated carbocycles. The Kier molecular flexibility index (Phi) is 4.53. The van der Waals surface area contributed by atoms with Gasteiger partial charge in [-0.3, -0.25) is 4.79 Å². The highest BCUT2D eigenvalue weighted by atomic mass is 16.1. The maximum Gasteiger partial charge on any atom is 0.255 e. The van der Waals surface area contributed by atoms with Gasteiger partial charge in [0.15, 0.2) is 0 Å². The van der Waals surface area contributed by atoms with Gasteiger partial charge in [-0.15, -0.1) is 0 Å². The van der Waals surface area contributed by atoms with Crippen LogP contribution in [0.15, 0.2) is 42.5 Å². The van der Waals surface area contributed by atoms with Gasteiger partial charge >= 0.3 is 0 Å². The molecule has 20 heavy (non-hydrogen) atoms. The lowest BCUT2D eigenvalue weighted by atomic mass is 10.0. The smallest absolute Gasteiger partial charge is 0.255 e. The van der Waals surface area contributed by atoms with Crippen molar-refractivity contribution in [1.82, 2.24) is 5.32 Å². The number of rotatable bonds is 4. The maximum atomic E-state index is 12.4. The average Bonchev–Trinajstić information content (AvgIpc) is 2.44. The number of aryl methyl sites for hydroxylation is 1. The molecule has 0 aliphatic heterocycles. The van der Waals surface area contributed by atoms with Gasteiger partial charge in [-0.2, -0.15) is 0 Å². The summed E-state index contributed by atoms with van der Waals surface area (Å²) >= 11 is 0. The molecule has 0 atom stereocenters. The number of para-hydroxylation sites is 1. The lowest BCUT2D eigenvalue weighted by Crippen LogP contribution is -2.16. The minimum absolute atomic E-state index is 0.0604. The van der Waals surface area contributed by atoms with Gasteiger partial charge in [0.2, 0.25) is 0 Å². The monoisotopic (exact) mass is 268 g/mol. The van der Waals surface area contributed by atoms with E-state index in [9.17, 15) is 4.79 Å². The molecule has 104 valence electrons. The lowest BCUT2D eigenvalue weighted by molar-refractivity contribution is 0.102. The molecule has 2 aromatic rings. The van der Waals surface area contributed by atoms with Crippen LogP contribution in [0.25, 0.3) is 0 Å². The van der Waals surface area contributed by atoms with Crippen LogP contribution in [-0.4, -0.2) is 13.0 Å². The maximum absolute atomic E-state index is 12.4. The van der Waals surface area contributed by atoms with E-state index in [1.165, 1.54) is 0 Å². The zero-order valence-corrected chi connectivity index (χ0v) is 12.2. The molecule has 2 N–H and O–H groups in total. The van der Waals surface area contributed by atoms with Crippen LogP contribution < -0.4 is 10.6 Å². The van der Waals surface area contributed by atoms with Crippen molar-refractivity contribution in [3.05, 3.63) is 64.7 Å². The SMILES string of the molecule is CNCc1ccccc1NC(=O)c1cccc(C)c1C. The Balaban J connectivity index is 2.26. The second kappa shape index (κ2) is 6.35. The number of hydrogen-bond acceptors (Lipinski definition) is 2. The summed E-state index contributed by atoms with van der Waals surface area (Å²) < 4.78 is 0. The molecule has 0 bridgehead atoms. The van der Waals surface area contributed by atoms with Crippen molar-refractivity contribution >= 4 is 11.6 Å². The molecule has 0 aliphatic rings. The highest BCUT2D eigenvalue weighted by Gasteiger charge is 2.11. The third-order valence-corrected chi connectivity index (χ3v) is 3.48. The molecule has 0 aromatic heterocycles. The quantitative estimate of drug-likeness (QED) is 0.893. The highest BCUT2D eigenvalue weighted by Crippen LogP contribution is 2.18. The Bertz CT molecular complexity index is 620. The van der Waals surface area contributed by atoms with Crippen molar-refractivity contribution in [2.75, 3.05) is 12.4 Å². The van der Waals surface area contributed by atoms with Crippen LogP contribution in [0.3, 0.4) is 0 Å². The summed E-state index contributed by atoms with van der Waals surface area (Å²) in [5, 5.41) is 6.11. The fraction of sp³-hybridized carbons (Fsp3) is 0.235. The van der Waals surface area contributed by atoms with Crippen molar-refractivity contribution < 1.29 is 4.79 Å². The van der Waals surface area contributed by atoms with Crippen molar-refractivity contribution in [1.29, 1.82) is 0 Å². The Labute approximate surface area is 120 Å². The van der Waals surface area contributed by atoms with E-state index in [0.29, 0.717) is 0 Å². The number of amides is 1. The number of nitrogens with one attached hydrogen (secondary N) is 2. The molecule has 2 aromatic carbocycles. The van der Waals surface area contributed by atoms with E-state index in [4.69, 9.17) is 0 Å². The van der Waals surface area contributed by atoms with Crippen LogP contribution >= 0.6 is 0 Å². The molecular weight excluding hydrogens is 248 g/mol. The number of anilines is 1. The minimum atomic E-state index is -0.0604. The molecule has 1 amide bonds. The molecule has 0 aliphatic carbocycles. The normalized spacial score (nSPS) is 10.3. The molecule has 0 heterocycles. The second-order valence-corrected chi connectivity index (χ2v) is 4.89. The average molecular weight is 268 g/mol. The van der Waals surface area contributed by atoms with E-state index in [-0.39, 0.29) is 5.91 Å². The van der Waals surface area contributed by atoms with Crippen LogP contribution in [0.1, 0.15) is 27.0 Å². The summed E-state index contributed by atoms with van der Waals surface area (Å²) in [5.41, 5.74) is 4.81. The first-order chi connectivity index (χ1) is 9.63. The standard InChI is InChI=1S/C17H20N2O/c1-12-7-6-9-15(13(12)2)17(20)19-16-10-5-4-8-14(16)11-18-3/h4-10,18H,11H2,1-3H3,(H,19,20). The van der Waals surface area contributed by atoms with Crippen LogP contribution in [0.2, 0.25) is 0 Å². The number of carbonyl (C=O) groups excluding carboxylic acids is 1. The summed E-state index contributed by atoms with van der Waals surface area (Å²) in [6.45, 7) is 4.72. The largest absolute Gasteiger partial charge is 0.322 e. The minimum Gasteiger partial charge on any atom is -0.322 e. The zero-order chi connectivity index (χ0) is 14.5. The van der Waals surface area contributed by atoms with Crippen molar-refractivity contribution in [2.45, 2.75) is 20.4 Å². The molecule has 2 rings (SSSR count). The number of hydrogen-bond donors (Lipinski definition) is 2. The van der Waals surface area contributed by atoms with Gasteiger partial charge in [-0.1, -0.05) is 30.3 Å². The Hall–Kier alpha value is -2.13. The van der Waals surface area contributed by atoms with E-state index < -0.39 is 0 Å². The Morgan fingerprint density at radius 1 is 1.05 bits per heavy atom. The van der Waals surface area contributed by atoms with Crippen molar-refractivity contribution in [3.63, 3.8) is 0 Å². The van der Waals surface area contributed by atoms with Crippen molar-refractivity contribution in [3.8, 4) is 0 Å². The summed E-state index contributed by atoms with van der Waals surface area (Å²) in [6, 6.07) is 13.6. The molecule has 0 saturated heterocycles. The fourth-order valence-electron chi connectivity index (χ4n) is 2.17. The first-order valence-electron chi connectivity index (χ1n) is 6.73. The predicted molar refractivity (Wildman–Crippen MR) is 83.1 cm³/mol. The molecule has 0 fully saturated rings. The van der Waals surface area contributed by atoms with Crippen LogP contribution in [0.4, 0.5) is 5.69 Å². The van der Waals surface area contributed by atoms with Gasteiger partial charge in [-0.25, -0.2) is 0 Å². The molecule has 3 nitrogen and oxygen atoms in total. The van der Waals surface area contributed by atoms with Gasteiger partial charge < -0.3 is 10.6 Å². The van der Waals surface area contributed by atoms with E-state index >= 15 is 0 Å². The van der Waals surface area contributed by atoms with E-state index in [1.807, 2.05) is 63.4 Å². The first-order valence-corrected chi connectivity index (χ1v) is 6.73. The molecular formula is C17H20N2O. The molecule has 0 unspecified atom stereocenters. The summed E-state index contributed by atoms with van der Waals surface area (Å²) in [7, 11) is 1.89. The fourth-order valence-corrected chi connectivity index (χ4v) is 2.17. The van der Waals surface area contributed by atoms with Gasteiger partial charge in [0.05, 0.1) is 0 Å². The van der Waals surface area contributed by atoms with Gasteiger partial charge in [-0.05, 0) is 49.7 Å². The lowest BCUT2D eigenvalue weighted by Gasteiger charge is -2.12. The third kappa shape index (κ3) is 3.06. The van der Waals surface area contributed by atoms with Crippen LogP contribution in [-0.2, 0) is 6.54 Å². The predicted octanol–water partition coefficient (Wildman–Crippen LogP) is 3.28. The van der Waals surface area contributed by atoms with Crippen LogP contribution in [0, 0.1) is 13.8 Å². The molecule has 0 spiro atoms. The van der Waals surface area contributed by atoms with E-state index in [2.05, 4.69) is 10.6 Å². The Morgan fingerprint density at radius 3 is 2.55 bits per heavy atom. The summed E-state index contributed by atoms with van der Waals surface area (Å²) in [4.78, 5) is 12.4. The van der Waals surface area contributed by atoms with E-state index in [0.717, 1.165) is 34.5 Å². The van der Waals surface area contributed by atoms with Gasteiger partial charge in [0.25, 0.3) is 5.91 Å².